The number of nitrogens with zero attached hydrogens (tertiary/aromatic N) is 1. The first-order chi connectivity index (χ1) is 8.97. The number of fused-ring (bicyclic) bond motifs is 1. The van der Waals surface area contributed by atoms with Gasteiger partial charge in [-0.2, -0.15) is 0 Å². The molecule has 1 N–H and O–H groups in total. The highest BCUT2D eigenvalue weighted by molar-refractivity contribution is 5.95. The van der Waals surface area contributed by atoms with Crippen LogP contribution in [0.4, 0.5) is 0 Å². The van der Waals surface area contributed by atoms with E-state index < -0.39 is 5.97 Å². The molecule has 2 rings (SSSR count). The van der Waals surface area contributed by atoms with Crippen LogP contribution in [0, 0.1) is 6.92 Å². The molecule has 0 aliphatic heterocycles. The van der Waals surface area contributed by atoms with Gasteiger partial charge in [0.05, 0.1) is 5.56 Å². The Hall–Kier alpha value is -1.77. The lowest BCUT2D eigenvalue weighted by molar-refractivity contribution is 0.0697. The summed E-state index contributed by atoms with van der Waals surface area (Å²) >= 11 is 0. The second-order valence-electron chi connectivity index (χ2n) is 5.34. The summed E-state index contributed by atoms with van der Waals surface area (Å²) < 4.78 is 2.30. The van der Waals surface area contributed by atoms with Crippen molar-refractivity contribution in [3.05, 3.63) is 35.0 Å². The number of carboxylic acid groups (broad SMARTS) is 1. The Morgan fingerprint density at radius 1 is 1.37 bits per heavy atom. The minimum absolute atomic E-state index is 0.364. The normalized spacial score (nSPS) is 11.4. The summed E-state index contributed by atoms with van der Waals surface area (Å²) in [7, 11) is 0. The van der Waals surface area contributed by atoms with Crippen molar-refractivity contribution in [3.63, 3.8) is 0 Å². The molecule has 3 heteroatoms. The molecule has 19 heavy (non-hydrogen) atoms. The van der Waals surface area contributed by atoms with Crippen molar-refractivity contribution >= 4 is 16.9 Å². The minimum Gasteiger partial charge on any atom is -0.478 e. The molecule has 0 fully saturated rings. The van der Waals surface area contributed by atoms with E-state index in [0.29, 0.717) is 11.5 Å². The van der Waals surface area contributed by atoms with Crippen molar-refractivity contribution in [1.29, 1.82) is 0 Å². The van der Waals surface area contributed by atoms with Crippen LogP contribution in [0.5, 0.6) is 0 Å². The SMILES string of the molecule is CCCn1c(C)c(C(C)C)c2cc(C(=O)O)ccc21. The molecule has 0 atom stereocenters. The number of aromatic nitrogens is 1. The van der Waals surface area contributed by atoms with E-state index in [-0.39, 0.29) is 0 Å². The zero-order valence-electron chi connectivity index (χ0n) is 12.0. The molecule has 0 radical (unpaired) electrons. The molecule has 3 nitrogen and oxygen atoms in total. The van der Waals surface area contributed by atoms with Gasteiger partial charge >= 0.3 is 5.97 Å². The molecular weight excluding hydrogens is 238 g/mol. The Kier molecular flexibility index (Phi) is 3.65. The molecule has 0 saturated heterocycles. The number of hydrogen-bond acceptors (Lipinski definition) is 1. The summed E-state index contributed by atoms with van der Waals surface area (Å²) in [5, 5.41) is 10.2. The molecule has 0 unspecified atom stereocenters. The fourth-order valence-corrected chi connectivity index (χ4v) is 2.88. The summed E-state index contributed by atoms with van der Waals surface area (Å²) in [6, 6.07) is 5.44. The van der Waals surface area contributed by atoms with E-state index in [1.54, 1.807) is 6.07 Å². The summed E-state index contributed by atoms with van der Waals surface area (Å²) in [4.78, 5) is 11.1. The molecule has 0 spiro atoms. The Labute approximate surface area is 113 Å². The third-order valence-electron chi connectivity index (χ3n) is 3.64. The third kappa shape index (κ3) is 2.25. The van der Waals surface area contributed by atoms with E-state index in [4.69, 9.17) is 5.11 Å². The van der Waals surface area contributed by atoms with E-state index in [0.717, 1.165) is 23.9 Å². The third-order valence-corrected chi connectivity index (χ3v) is 3.64. The molecule has 0 aliphatic carbocycles. The van der Waals surface area contributed by atoms with Crippen LogP contribution >= 0.6 is 0 Å². The van der Waals surface area contributed by atoms with Gasteiger partial charge in [0.15, 0.2) is 0 Å². The van der Waals surface area contributed by atoms with Gasteiger partial charge in [0.2, 0.25) is 0 Å². The van der Waals surface area contributed by atoms with E-state index in [1.165, 1.54) is 11.3 Å². The number of aromatic carboxylic acids is 1. The smallest absolute Gasteiger partial charge is 0.335 e. The summed E-state index contributed by atoms with van der Waals surface area (Å²) in [5.74, 6) is -0.470. The van der Waals surface area contributed by atoms with Crippen LogP contribution in [0.2, 0.25) is 0 Å². The first-order valence-electron chi connectivity index (χ1n) is 6.83. The Bertz CT molecular complexity index is 623. The van der Waals surface area contributed by atoms with Crippen molar-refractivity contribution in [2.45, 2.75) is 46.6 Å². The van der Waals surface area contributed by atoms with Gasteiger partial charge in [0.25, 0.3) is 0 Å². The monoisotopic (exact) mass is 259 g/mol. The zero-order chi connectivity index (χ0) is 14.2. The molecule has 102 valence electrons. The highest BCUT2D eigenvalue weighted by Gasteiger charge is 2.17. The summed E-state index contributed by atoms with van der Waals surface area (Å²) in [6.07, 6.45) is 1.07. The first kappa shape index (κ1) is 13.7. The van der Waals surface area contributed by atoms with Gasteiger partial charge < -0.3 is 9.67 Å². The first-order valence-corrected chi connectivity index (χ1v) is 6.83. The Morgan fingerprint density at radius 3 is 2.58 bits per heavy atom. The maximum Gasteiger partial charge on any atom is 0.335 e. The van der Waals surface area contributed by atoms with E-state index in [1.807, 2.05) is 12.1 Å². The lowest BCUT2D eigenvalue weighted by atomic mass is 9.99. The van der Waals surface area contributed by atoms with Gasteiger partial charge in [0, 0.05) is 23.1 Å². The Morgan fingerprint density at radius 2 is 2.05 bits per heavy atom. The van der Waals surface area contributed by atoms with Gasteiger partial charge in [-0.05, 0) is 43.0 Å². The van der Waals surface area contributed by atoms with Gasteiger partial charge in [-0.3, -0.25) is 0 Å². The number of rotatable bonds is 4. The number of benzene rings is 1. The molecule has 0 bridgehead atoms. The predicted molar refractivity (Wildman–Crippen MR) is 78.0 cm³/mol. The van der Waals surface area contributed by atoms with Crippen molar-refractivity contribution in [2.75, 3.05) is 0 Å². The largest absolute Gasteiger partial charge is 0.478 e. The van der Waals surface area contributed by atoms with Crippen molar-refractivity contribution in [2.24, 2.45) is 0 Å². The average Bonchev–Trinajstić information content (AvgIpc) is 2.62. The highest BCUT2D eigenvalue weighted by Crippen LogP contribution is 2.32. The van der Waals surface area contributed by atoms with Gasteiger partial charge in [0.1, 0.15) is 0 Å². The second-order valence-corrected chi connectivity index (χ2v) is 5.34. The second kappa shape index (κ2) is 5.08. The van der Waals surface area contributed by atoms with Crippen molar-refractivity contribution in [1.82, 2.24) is 4.57 Å². The number of hydrogen-bond donors (Lipinski definition) is 1. The van der Waals surface area contributed by atoms with Gasteiger partial charge in [-0.25, -0.2) is 4.79 Å². The van der Waals surface area contributed by atoms with E-state index in [2.05, 4.69) is 32.3 Å². The lowest BCUT2D eigenvalue weighted by Gasteiger charge is -2.08. The molecule has 1 heterocycles. The maximum atomic E-state index is 11.1. The summed E-state index contributed by atoms with van der Waals surface area (Å²) in [5.41, 5.74) is 4.04. The van der Waals surface area contributed by atoms with Crippen LogP contribution in [-0.2, 0) is 6.54 Å². The number of aryl methyl sites for hydroxylation is 1. The topological polar surface area (TPSA) is 42.2 Å². The zero-order valence-corrected chi connectivity index (χ0v) is 12.0. The predicted octanol–water partition coefficient (Wildman–Crippen LogP) is 4.18. The van der Waals surface area contributed by atoms with Crippen LogP contribution in [0.25, 0.3) is 10.9 Å². The lowest BCUT2D eigenvalue weighted by Crippen LogP contribution is -2.00. The van der Waals surface area contributed by atoms with Crippen LogP contribution in [0.1, 0.15) is 54.7 Å². The average molecular weight is 259 g/mol. The fourth-order valence-electron chi connectivity index (χ4n) is 2.88. The number of carbonyl (C=O) groups is 1. The van der Waals surface area contributed by atoms with Gasteiger partial charge in [-0.15, -0.1) is 0 Å². The van der Waals surface area contributed by atoms with Crippen molar-refractivity contribution in [3.8, 4) is 0 Å². The van der Waals surface area contributed by atoms with Crippen LogP contribution in [0.15, 0.2) is 18.2 Å². The minimum atomic E-state index is -0.863. The molecule has 1 aromatic heterocycles. The van der Waals surface area contributed by atoms with Crippen LogP contribution in [0.3, 0.4) is 0 Å². The maximum absolute atomic E-state index is 11.1. The molecule has 0 aliphatic rings. The van der Waals surface area contributed by atoms with E-state index in [9.17, 15) is 4.79 Å². The molecule has 0 saturated carbocycles. The molecule has 0 amide bonds. The number of carboxylic acids is 1. The highest BCUT2D eigenvalue weighted by atomic mass is 16.4. The quantitative estimate of drug-likeness (QED) is 0.895. The van der Waals surface area contributed by atoms with Crippen LogP contribution < -0.4 is 0 Å². The van der Waals surface area contributed by atoms with E-state index >= 15 is 0 Å². The Balaban J connectivity index is 2.78. The molecular formula is C16H21NO2. The summed E-state index contributed by atoms with van der Waals surface area (Å²) in [6.45, 7) is 9.58. The fraction of sp³-hybridized carbons (Fsp3) is 0.438. The van der Waals surface area contributed by atoms with Crippen molar-refractivity contribution < 1.29 is 9.90 Å². The van der Waals surface area contributed by atoms with Crippen LogP contribution in [-0.4, -0.2) is 15.6 Å². The standard InChI is InChI=1S/C16H21NO2/c1-5-8-17-11(4)15(10(2)3)13-9-12(16(18)19)6-7-14(13)17/h6-7,9-10H,5,8H2,1-4H3,(H,18,19). The van der Waals surface area contributed by atoms with Gasteiger partial charge in [-0.1, -0.05) is 20.8 Å². The molecule has 1 aromatic carbocycles. The molecule has 2 aromatic rings.